The largest absolute Gasteiger partial charge is 0.482 e. The number of carboxylic acids is 1. The number of hydrogen-bond acceptors (Lipinski definition) is 3. The van der Waals surface area contributed by atoms with Gasteiger partial charge in [0.25, 0.3) is 0 Å². The van der Waals surface area contributed by atoms with E-state index in [1.54, 1.807) is 32.0 Å². The Morgan fingerprint density at radius 3 is 2.53 bits per heavy atom. The number of ketones is 1. The average molecular weight is 234 g/mol. The van der Waals surface area contributed by atoms with E-state index in [0.717, 1.165) is 5.56 Å². The van der Waals surface area contributed by atoms with Crippen LogP contribution in [-0.4, -0.2) is 23.5 Å². The van der Waals surface area contributed by atoms with E-state index >= 15 is 0 Å². The Hall–Kier alpha value is -2.10. The van der Waals surface area contributed by atoms with Crippen molar-refractivity contribution in [3.63, 3.8) is 0 Å². The lowest BCUT2D eigenvalue weighted by atomic mass is 10.0. The van der Waals surface area contributed by atoms with Crippen molar-refractivity contribution in [3.8, 4) is 5.75 Å². The van der Waals surface area contributed by atoms with Gasteiger partial charge in [-0.15, -0.1) is 0 Å². The lowest BCUT2D eigenvalue weighted by molar-refractivity contribution is -0.139. The minimum Gasteiger partial charge on any atom is -0.482 e. The molecule has 0 aromatic heterocycles. The number of benzene rings is 1. The van der Waals surface area contributed by atoms with Crippen molar-refractivity contribution in [2.24, 2.45) is 0 Å². The van der Waals surface area contributed by atoms with E-state index in [4.69, 9.17) is 9.84 Å². The zero-order valence-electron chi connectivity index (χ0n) is 9.82. The van der Waals surface area contributed by atoms with E-state index in [9.17, 15) is 9.59 Å². The highest BCUT2D eigenvalue weighted by atomic mass is 16.5. The van der Waals surface area contributed by atoms with Crippen molar-refractivity contribution in [1.82, 2.24) is 0 Å². The third kappa shape index (κ3) is 3.45. The van der Waals surface area contributed by atoms with E-state index in [1.807, 2.05) is 0 Å². The predicted octanol–water partition coefficient (Wildman–Crippen LogP) is 2.22. The summed E-state index contributed by atoms with van der Waals surface area (Å²) in [6.07, 6.45) is 0. The zero-order chi connectivity index (χ0) is 13.0. The van der Waals surface area contributed by atoms with Crippen LogP contribution >= 0.6 is 0 Å². The van der Waals surface area contributed by atoms with Crippen LogP contribution in [0.4, 0.5) is 0 Å². The highest BCUT2D eigenvalue weighted by Gasteiger charge is 2.09. The molecule has 1 aromatic rings. The fraction of sp³-hybridized carbons (Fsp3) is 0.231. The van der Waals surface area contributed by atoms with E-state index in [2.05, 4.69) is 6.58 Å². The summed E-state index contributed by atoms with van der Waals surface area (Å²) in [5, 5.41) is 8.49. The van der Waals surface area contributed by atoms with Gasteiger partial charge in [0.1, 0.15) is 5.75 Å². The molecule has 0 radical (unpaired) electrons. The Balaban J connectivity index is 2.90. The van der Waals surface area contributed by atoms with Crippen molar-refractivity contribution in [2.45, 2.75) is 13.8 Å². The molecule has 0 heterocycles. The summed E-state index contributed by atoms with van der Waals surface area (Å²) >= 11 is 0. The van der Waals surface area contributed by atoms with E-state index < -0.39 is 12.6 Å². The molecule has 90 valence electrons. The molecule has 0 saturated heterocycles. The molecule has 0 spiro atoms. The molecule has 1 rings (SSSR count). The number of ether oxygens (including phenoxy) is 1. The van der Waals surface area contributed by atoms with Crippen LogP contribution < -0.4 is 4.74 Å². The van der Waals surface area contributed by atoms with Crippen molar-refractivity contribution in [1.29, 1.82) is 0 Å². The molecule has 4 nitrogen and oxygen atoms in total. The fourth-order valence-electron chi connectivity index (χ4n) is 1.34. The number of carbonyl (C=O) groups is 2. The number of allylic oxidation sites excluding steroid dienone is 1. The quantitative estimate of drug-likeness (QED) is 0.626. The molecule has 0 aliphatic rings. The second-order valence-corrected chi connectivity index (χ2v) is 3.77. The first-order valence-corrected chi connectivity index (χ1v) is 5.07. The van der Waals surface area contributed by atoms with Gasteiger partial charge < -0.3 is 9.84 Å². The van der Waals surface area contributed by atoms with Crippen molar-refractivity contribution >= 4 is 11.8 Å². The van der Waals surface area contributed by atoms with E-state index in [1.165, 1.54) is 0 Å². The summed E-state index contributed by atoms with van der Waals surface area (Å²) in [7, 11) is 0. The second kappa shape index (κ2) is 5.30. The van der Waals surface area contributed by atoms with E-state index in [0.29, 0.717) is 16.9 Å². The molecule has 0 aliphatic carbocycles. The van der Waals surface area contributed by atoms with Crippen LogP contribution in [0.1, 0.15) is 22.8 Å². The van der Waals surface area contributed by atoms with Crippen LogP contribution in [-0.2, 0) is 4.79 Å². The first-order valence-electron chi connectivity index (χ1n) is 5.07. The molecule has 0 aliphatic heterocycles. The van der Waals surface area contributed by atoms with Crippen LogP contribution in [0, 0.1) is 6.92 Å². The number of rotatable bonds is 5. The Bertz CT molecular complexity index is 474. The molecular formula is C13H14O4. The van der Waals surface area contributed by atoms with Crippen molar-refractivity contribution in [2.75, 3.05) is 6.61 Å². The van der Waals surface area contributed by atoms with Crippen LogP contribution in [0.5, 0.6) is 5.75 Å². The van der Waals surface area contributed by atoms with Crippen molar-refractivity contribution < 1.29 is 19.4 Å². The predicted molar refractivity (Wildman–Crippen MR) is 63.5 cm³/mol. The molecule has 0 bridgehead atoms. The maximum Gasteiger partial charge on any atom is 0.341 e. The lowest BCUT2D eigenvalue weighted by Crippen LogP contribution is -2.10. The van der Waals surface area contributed by atoms with Gasteiger partial charge in [0.2, 0.25) is 0 Å². The first-order chi connectivity index (χ1) is 7.91. The van der Waals surface area contributed by atoms with Gasteiger partial charge in [0.05, 0.1) is 0 Å². The van der Waals surface area contributed by atoms with Crippen LogP contribution in [0.25, 0.3) is 0 Å². The molecule has 0 saturated carbocycles. The molecule has 4 heteroatoms. The van der Waals surface area contributed by atoms with Crippen LogP contribution in [0.3, 0.4) is 0 Å². The molecular weight excluding hydrogens is 220 g/mol. The van der Waals surface area contributed by atoms with Crippen LogP contribution in [0.2, 0.25) is 0 Å². The molecule has 1 N–H and O–H groups in total. The van der Waals surface area contributed by atoms with Gasteiger partial charge in [-0.05, 0) is 43.2 Å². The average Bonchev–Trinajstić information content (AvgIpc) is 2.26. The monoisotopic (exact) mass is 234 g/mol. The number of aryl methyl sites for hydroxylation is 1. The van der Waals surface area contributed by atoms with Gasteiger partial charge in [-0.3, -0.25) is 4.79 Å². The summed E-state index contributed by atoms with van der Waals surface area (Å²) in [4.78, 5) is 22.0. The Labute approximate surface area is 99.5 Å². The summed E-state index contributed by atoms with van der Waals surface area (Å²) in [6.45, 7) is 6.59. The fourth-order valence-corrected chi connectivity index (χ4v) is 1.34. The number of aliphatic carboxylic acids is 1. The first kappa shape index (κ1) is 13.0. The van der Waals surface area contributed by atoms with Crippen LogP contribution in [0.15, 0.2) is 30.4 Å². The molecule has 0 unspecified atom stereocenters. The van der Waals surface area contributed by atoms with Gasteiger partial charge in [-0.2, -0.15) is 0 Å². The van der Waals surface area contributed by atoms with Gasteiger partial charge in [-0.1, -0.05) is 6.58 Å². The smallest absolute Gasteiger partial charge is 0.341 e. The summed E-state index contributed by atoms with van der Waals surface area (Å²) < 4.78 is 5.06. The minimum absolute atomic E-state index is 0.127. The number of carboxylic acid groups (broad SMARTS) is 1. The molecule has 17 heavy (non-hydrogen) atoms. The Morgan fingerprint density at radius 1 is 1.41 bits per heavy atom. The molecule has 0 fully saturated rings. The van der Waals surface area contributed by atoms with Gasteiger partial charge in [-0.25, -0.2) is 4.79 Å². The molecule has 1 aromatic carbocycles. The normalized spacial score (nSPS) is 9.76. The Morgan fingerprint density at radius 2 is 2.06 bits per heavy atom. The summed E-state index contributed by atoms with van der Waals surface area (Å²) in [6, 6.07) is 4.85. The Kier molecular flexibility index (Phi) is 4.04. The second-order valence-electron chi connectivity index (χ2n) is 3.77. The topological polar surface area (TPSA) is 63.6 Å². The number of Topliss-reactive ketones (excluding diaryl/α,β-unsaturated/α-hetero) is 1. The summed E-state index contributed by atoms with van der Waals surface area (Å²) in [5.74, 6) is -0.699. The SMILES string of the molecule is C=C(C)C(=O)c1ccc(OCC(=O)O)c(C)c1. The highest BCUT2D eigenvalue weighted by Crippen LogP contribution is 2.20. The van der Waals surface area contributed by atoms with E-state index in [-0.39, 0.29) is 5.78 Å². The standard InChI is InChI=1S/C13H14O4/c1-8(2)13(16)10-4-5-11(9(3)6-10)17-7-12(14)15/h4-6H,1,7H2,2-3H3,(H,14,15). The maximum atomic E-state index is 11.6. The zero-order valence-corrected chi connectivity index (χ0v) is 9.82. The minimum atomic E-state index is -1.04. The third-order valence-electron chi connectivity index (χ3n) is 2.18. The van der Waals surface area contributed by atoms with Gasteiger partial charge in [0, 0.05) is 5.56 Å². The number of carbonyl (C=O) groups excluding carboxylic acids is 1. The molecule has 0 atom stereocenters. The van der Waals surface area contributed by atoms with Crippen molar-refractivity contribution in [3.05, 3.63) is 41.5 Å². The third-order valence-corrected chi connectivity index (χ3v) is 2.18. The van der Waals surface area contributed by atoms with Gasteiger partial charge >= 0.3 is 5.97 Å². The number of hydrogen-bond donors (Lipinski definition) is 1. The highest BCUT2D eigenvalue weighted by molar-refractivity contribution is 6.08. The lowest BCUT2D eigenvalue weighted by Gasteiger charge is -2.08. The summed E-state index contributed by atoms with van der Waals surface area (Å²) in [5.41, 5.74) is 1.71. The molecule has 0 amide bonds. The van der Waals surface area contributed by atoms with Gasteiger partial charge in [0.15, 0.2) is 12.4 Å². The maximum absolute atomic E-state index is 11.6.